The summed E-state index contributed by atoms with van der Waals surface area (Å²) in [5, 5.41) is 3.09. The number of alkyl halides is 1. The number of halogens is 2. The van der Waals surface area contributed by atoms with Crippen molar-refractivity contribution in [3.05, 3.63) is 18.2 Å². The van der Waals surface area contributed by atoms with Crippen LogP contribution in [0.5, 0.6) is 0 Å². The highest BCUT2D eigenvalue weighted by Gasteiger charge is 2.34. The quantitative estimate of drug-likeness (QED) is 0.800. The van der Waals surface area contributed by atoms with E-state index in [9.17, 15) is 4.39 Å². The fraction of sp³-hybridized carbons (Fsp3) is 0.556. The van der Waals surface area contributed by atoms with Crippen molar-refractivity contribution in [3.63, 3.8) is 0 Å². The van der Waals surface area contributed by atoms with Gasteiger partial charge in [-0.15, -0.1) is 11.6 Å². The van der Waals surface area contributed by atoms with Crippen LogP contribution in [0.25, 0.3) is 0 Å². The van der Waals surface area contributed by atoms with Crippen molar-refractivity contribution in [2.45, 2.75) is 12.0 Å². The van der Waals surface area contributed by atoms with Gasteiger partial charge in [-0.25, -0.2) is 14.4 Å². The summed E-state index contributed by atoms with van der Waals surface area (Å²) in [7, 11) is 0. The van der Waals surface area contributed by atoms with E-state index < -0.39 is 5.82 Å². The molecule has 1 aromatic rings. The van der Waals surface area contributed by atoms with Gasteiger partial charge in [0.1, 0.15) is 0 Å². The fourth-order valence-electron chi connectivity index (χ4n) is 1.46. The van der Waals surface area contributed by atoms with Crippen LogP contribution in [0.2, 0.25) is 0 Å². The first-order valence-corrected chi connectivity index (χ1v) is 5.17. The highest BCUT2D eigenvalue weighted by atomic mass is 35.5. The lowest BCUT2D eigenvalue weighted by Crippen LogP contribution is -2.41. The zero-order valence-corrected chi connectivity index (χ0v) is 8.80. The molecule has 2 rings (SSSR count). The Morgan fingerprint density at radius 2 is 2.27 bits per heavy atom. The van der Waals surface area contributed by atoms with Gasteiger partial charge in [0.2, 0.25) is 5.95 Å². The Kier molecular flexibility index (Phi) is 3.02. The normalized spacial score (nSPS) is 25.5. The topological polar surface area (TPSA) is 47.0 Å². The SMILES string of the molecule is Fc1cnc(NC2(CCl)CCOC2)nc1. The smallest absolute Gasteiger partial charge is 0.223 e. The molecule has 0 aromatic carbocycles. The molecule has 1 fully saturated rings. The molecule has 1 N–H and O–H groups in total. The van der Waals surface area contributed by atoms with Gasteiger partial charge in [-0.2, -0.15) is 0 Å². The number of hydrogen-bond donors (Lipinski definition) is 1. The molecule has 0 radical (unpaired) electrons. The summed E-state index contributed by atoms with van der Waals surface area (Å²) in [5.74, 6) is 0.332. The Balaban J connectivity index is 2.09. The maximum Gasteiger partial charge on any atom is 0.223 e. The minimum Gasteiger partial charge on any atom is -0.379 e. The standard InChI is InChI=1S/C9H11ClFN3O/c10-5-9(1-2-15-6-9)14-8-12-3-7(11)4-13-8/h3-4H,1-2,5-6H2,(H,12,13,14). The predicted molar refractivity (Wildman–Crippen MR) is 54.5 cm³/mol. The van der Waals surface area contributed by atoms with Gasteiger partial charge in [0.15, 0.2) is 5.82 Å². The van der Waals surface area contributed by atoms with Crippen molar-refractivity contribution in [1.29, 1.82) is 0 Å². The molecule has 4 nitrogen and oxygen atoms in total. The number of aromatic nitrogens is 2. The van der Waals surface area contributed by atoms with Gasteiger partial charge in [0.05, 0.1) is 24.5 Å². The van der Waals surface area contributed by atoms with Crippen molar-refractivity contribution >= 4 is 17.5 Å². The molecule has 1 aliphatic rings. The fourth-order valence-corrected chi connectivity index (χ4v) is 1.74. The van der Waals surface area contributed by atoms with Crippen molar-refractivity contribution in [3.8, 4) is 0 Å². The number of rotatable bonds is 3. The van der Waals surface area contributed by atoms with Crippen LogP contribution in [0, 0.1) is 5.82 Å². The Morgan fingerprint density at radius 1 is 1.53 bits per heavy atom. The Hall–Kier alpha value is -0.940. The molecule has 2 heterocycles. The summed E-state index contributed by atoms with van der Waals surface area (Å²) in [5.41, 5.74) is -0.320. The Bertz CT molecular complexity index is 327. The third-order valence-electron chi connectivity index (χ3n) is 2.36. The largest absolute Gasteiger partial charge is 0.379 e. The molecule has 1 atom stereocenters. The molecule has 0 saturated carbocycles. The van der Waals surface area contributed by atoms with Crippen LogP contribution in [-0.4, -0.2) is 34.6 Å². The van der Waals surface area contributed by atoms with Crippen LogP contribution in [0.3, 0.4) is 0 Å². The van der Waals surface area contributed by atoms with E-state index in [1.807, 2.05) is 0 Å². The number of ether oxygens (including phenoxy) is 1. The molecule has 6 heteroatoms. The molecule has 0 amide bonds. The minimum atomic E-state index is -0.455. The molecule has 0 bridgehead atoms. The second-order valence-electron chi connectivity index (χ2n) is 3.57. The van der Waals surface area contributed by atoms with Gasteiger partial charge < -0.3 is 10.1 Å². The molecule has 1 aromatic heterocycles. The Morgan fingerprint density at radius 3 is 2.80 bits per heavy atom. The molecule has 0 spiro atoms. The first kappa shape index (κ1) is 10.6. The van der Waals surface area contributed by atoms with Crippen molar-refractivity contribution in [2.24, 2.45) is 0 Å². The van der Waals surface area contributed by atoms with Crippen molar-refractivity contribution in [1.82, 2.24) is 9.97 Å². The van der Waals surface area contributed by atoms with Crippen LogP contribution in [0.15, 0.2) is 12.4 Å². The molecule has 1 aliphatic heterocycles. The van der Waals surface area contributed by atoms with Crippen LogP contribution in [-0.2, 0) is 4.74 Å². The summed E-state index contributed by atoms with van der Waals surface area (Å²) < 4.78 is 17.8. The van der Waals surface area contributed by atoms with Gasteiger partial charge in [-0.3, -0.25) is 0 Å². The lowest BCUT2D eigenvalue weighted by atomic mass is 10.0. The monoisotopic (exact) mass is 231 g/mol. The third-order valence-corrected chi connectivity index (χ3v) is 2.87. The molecule has 15 heavy (non-hydrogen) atoms. The number of nitrogens with one attached hydrogen (secondary N) is 1. The summed E-state index contributed by atoms with van der Waals surface area (Å²) in [4.78, 5) is 7.65. The van der Waals surface area contributed by atoms with Gasteiger partial charge >= 0.3 is 0 Å². The van der Waals surface area contributed by atoms with E-state index in [0.29, 0.717) is 25.0 Å². The average molecular weight is 232 g/mol. The van der Waals surface area contributed by atoms with E-state index in [-0.39, 0.29) is 5.54 Å². The van der Waals surface area contributed by atoms with E-state index in [2.05, 4.69) is 15.3 Å². The van der Waals surface area contributed by atoms with Crippen molar-refractivity contribution < 1.29 is 9.13 Å². The predicted octanol–water partition coefficient (Wildman–Crippen LogP) is 1.43. The molecule has 1 unspecified atom stereocenters. The third kappa shape index (κ3) is 2.35. The second kappa shape index (κ2) is 4.28. The van der Waals surface area contributed by atoms with E-state index in [1.165, 1.54) is 0 Å². The van der Waals surface area contributed by atoms with E-state index in [0.717, 1.165) is 18.8 Å². The van der Waals surface area contributed by atoms with Gasteiger partial charge in [-0.05, 0) is 6.42 Å². The molecular weight excluding hydrogens is 221 g/mol. The maximum atomic E-state index is 12.6. The summed E-state index contributed by atoms with van der Waals surface area (Å²) >= 11 is 5.87. The van der Waals surface area contributed by atoms with E-state index in [1.54, 1.807) is 0 Å². The lowest BCUT2D eigenvalue weighted by Gasteiger charge is -2.25. The van der Waals surface area contributed by atoms with Crippen LogP contribution >= 0.6 is 11.6 Å². The highest BCUT2D eigenvalue weighted by molar-refractivity contribution is 6.18. The number of hydrogen-bond acceptors (Lipinski definition) is 4. The number of nitrogens with zero attached hydrogens (tertiary/aromatic N) is 2. The van der Waals surface area contributed by atoms with Gasteiger partial charge in [-0.1, -0.05) is 0 Å². The average Bonchev–Trinajstić information content (AvgIpc) is 2.71. The summed E-state index contributed by atoms with van der Waals surface area (Å²) in [6, 6.07) is 0. The van der Waals surface area contributed by atoms with Crippen LogP contribution in [0.1, 0.15) is 6.42 Å². The van der Waals surface area contributed by atoms with Crippen LogP contribution < -0.4 is 5.32 Å². The Labute approximate surface area is 91.8 Å². The van der Waals surface area contributed by atoms with E-state index in [4.69, 9.17) is 16.3 Å². The zero-order chi connectivity index (χ0) is 10.7. The minimum absolute atomic E-state index is 0.320. The van der Waals surface area contributed by atoms with E-state index >= 15 is 0 Å². The lowest BCUT2D eigenvalue weighted by molar-refractivity contribution is 0.185. The molecule has 1 saturated heterocycles. The summed E-state index contributed by atoms with van der Waals surface area (Å²) in [6.07, 6.45) is 3.04. The zero-order valence-electron chi connectivity index (χ0n) is 8.04. The molecular formula is C9H11ClFN3O. The maximum absolute atomic E-state index is 12.6. The van der Waals surface area contributed by atoms with Gasteiger partial charge in [0.25, 0.3) is 0 Å². The highest BCUT2D eigenvalue weighted by Crippen LogP contribution is 2.23. The van der Waals surface area contributed by atoms with Crippen molar-refractivity contribution in [2.75, 3.05) is 24.4 Å². The first-order valence-electron chi connectivity index (χ1n) is 4.64. The molecule has 0 aliphatic carbocycles. The summed E-state index contributed by atoms with van der Waals surface area (Å²) in [6.45, 7) is 1.19. The van der Waals surface area contributed by atoms with Crippen LogP contribution in [0.4, 0.5) is 10.3 Å². The second-order valence-corrected chi connectivity index (χ2v) is 3.83. The number of anilines is 1. The molecule has 82 valence electrons. The van der Waals surface area contributed by atoms with Gasteiger partial charge in [0, 0.05) is 12.5 Å². The first-order chi connectivity index (χ1) is 7.24.